The second-order valence-electron chi connectivity index (χ2n) is 7.75. The monoisotopic (exact) mass is 464 g/mol. The van der Waals surface area contributed by atoms with Gasteiger partial charge in [-0.2, -0.15) is 0 Å². The smallest absolute Gasteiger partial charge is 0.269 e. The van der Waals surface area contributed by atoms with Crippen LogP contribution < -0.4 is 10.3 Å². The predicted molar refractivity (Wildman–Crippen MR) is 117 cm³/mol. The summed E-state index contributed by atoms with van der Waals surface area (Å²) in [5, 5.41) is -0.259. The number of sulfonamides is 1. The zero-order valence-corrected chi connectivity index (χ0v) is 18.2. The number of hydrazine groups is 1. The second kappa shape index (κ2) is 8.94. The van der Waals surface area contributed by atoms with E-state index in [0.717, 1.165) is 32.1 Å². The van der Waals surface area contributed by atoms with Crippen LogP contribution in [0.4, 0.5) is 4.39 Å². The van der Waals surface area contributed by atoms with Crippen LogP contribution in [-0.2, 0) is 10.0 Å². The van der Waals surface area contributed by atoms with Crippen molar-refractivity contribution in [2.45, 2.75) is 32.1 Å². The molecule has 1 aliphatic rings. The first-order chi connectivity index (χ1) is 14.8. The molecule has 2 N–H and O–H groups in total. The van der Waals surface area contributed by atoms with Crippen molar-refractivity contribution in [3.05, 3.63) is 59.1 Å². The van der Waals surface area contributed by atoms with E-state index >= 15 is 0 Å². The molecular weight excluding hydrogens is 443 g/mol. The highest BCUT2D eigenvalue weighted by Crippen LogP contribution is 2.28. The Bertz CT molecular complexity index is 1190. The van der Waals surface area contributed by atoms with Crippen LogP contribution in [0.2, 0.25) is 5.02 Å². The summed E-state index contributed by atoms with van der Waals surface area (Å²) < 4.78 is 41.0. The zero-order chi connectivity index (χ0) is 22.0. The molecule has 0 radical (unpaired) electrons. The third-order valence-electron chi connectivity index (χ3n) is 5.43. The summed E-state index contributed by atoms with van der Waals surface area (Å²) in [5.41, 5.74) is 3.34. The summed E-state index contributed by atoms with van der Waals surface area (Å²) in [6.07, 6.45) is 8.36. The number of pyridine rings is 1. The number of nitrogens with zero attached hydrogens (tertiary/aromatic N) is 2. The number of nitrogens with one attached hydrogen (secondary N) is 2. The molecule has 1 aromatic carbocycles. The molecule has 4 rings (SSSR count). The van der Waals surface area contributed by atoms with Crippen LogP contribution in [0, 0.1) is 11.7 Å². The maximum absolute atomic E-state index is 14.5. The largest absolute Gasteiger partial charge is 0.306 e. The van der Waals surface area contributed by atoms with Crippen LogP contribution in [0.5, 0.6) is 0 Å². The summed E-state index contributed by atoms with van der Waals surface area (Å²) >= 11 is 6.00. The lowest BCUT2D eigenvalue weighted by Crippen LogP contribution is -2.44. The normalized spacial score (nSPS) is 15.3. The van der Waals surface area contributed by atoms with E-state index < -0.39 is 21.7 Å². The minimum Gasteiger partial charge on any atom is -0.306 e. The van der Waals surface area contributed by atoms with Crippen molar-refractivity contribution in [3.8, 4) is 11.3 Å². The molecule has 0 spiro atoms. The Kier molecular flexibility index (Phi) is 6.27. The van der Waals surface area contributed by atoms with Gasteiger partial charge < -0.3 is 4.40 Å². The number of amides is 1. The average Bonchev–Trinajstić information content (AvgIpc) is 3.19. The molecule has 7 nitrogen and oxygen atoms in total. The Balaban J connectivity index is 1.52. The van der Waals surface area contributed by atoms with Gasteiger partial charge in [0, 0.05) is 18.0 Å². The highest BCUT2D eigenvalue weighted by Gasteiger charge is 2.23. The number of carbonyl (C=O) groups is 1. The standard InChI is InChI=1S/C21H22ClFN4O3S/c22-17-11-15(18-12-27-9-5-4-8-19(27)24-18)10-16(20(17)23)21(28)25-26-31(29,30)13-14-6-2-1-3-7-14/h4-5,8-12,14,26H,1-3,6-7,13H2,(H,25,28). The molecule has 1 aliphatic carbocycles. The first-order valence-electron chi connectivity index (χ1n) is 10.1. The van der Waals surface area contributed by atoms with Crippen LogP contribution in [0.25, 0.3) is 16.9 Å². The molecule has 1 fully saturated rings. The number of benzene rings is 1. The van der Waals surface area contributed by atoms with Crippen molar-refractivity contribution in [3.63, 3.8) is 0 Å². The predicted octanol–water partition coefficient (Wildman–Crippen LogP) is 3.94. The lowest BCUT2D eigenvalue weighted by atomic mass is 9.91. The van der Waals surface area contributed by atoms with Crippen molar-refractivity contribution in [2.24, 2.45) is 5.92 Å². The summed E-state index contributed by atoms with van der Waals surface area (Å²) in [6.45, 7) is 0. The highest BCUT2D eigenvalue weighted by molar-refractivity contribution is 7.89. The number of rotatable bonds is 6. The van der Waals surface area contributed by atoms with Crippen LogP contribution in [0.3, 0.4) is 0 Å². The van der Waals surface area contributed by atoms with E-state index in [1.807, 2.05) is 24.4 Å². The van der Waals surface area contributed by atoms with Crippen molar-refractivity contribution < 1.29 is 17.6 Å². The third-order valence-corrected chi connectivity index (χ3v) is 7.03. The van der Waals surface area contributed by atoms with Gasteiger partial charge in [-0.25, -0.2) is 17.8 Å². The Morgan fingerprint density at radius 1 is 1.23 bits per heavy atom. The Morgan fingerprint density at radius 2 is 2.00 bits per heavy atom. The fourth-order valence-corrected chi connectivity index (χ4v) is 5.38. The van der Waals surface area contributed by atoms with Gasteiger partial charge in [-0.3, -0.25) is 10.2 Å². The van der Waals surface area contributed by atoms with E-state index in [2.05, 4.69) is 15.2 Å². The van der Waals surface area contributed by atoms with E-state index in [-0.39, 0.29) is 22.3 Å². The van der Waals surface area contributed by atoms with Gasteiger partial charge in [-0.15, -0.1) is 4.83 Å². The molecule has 3 aromatic rings. The van der Waals surface area contributed by atoms with E-state index in [4.69, 9.17) is 11.6 Å². The molecule has 2 heterocycles. The fourth-order valence-electron chi connectivity index (χ4n) is 3.87. The lowest BCUT2D eigenvalue weighted by Gasteiger charge is -2.21. The number of hydrogen-bond acceptors (Lipinski definition) is 4. The molecule has 31 heavy (non-hydrogen) atoms. The molecule has 1 amide bonds. The van der Waals surface area contributed by atoms with Gasteiger partial charge in [0.1, 0.15) is 5.65 Å². The molecule has 0 aliphatic heterocycles. The first-order valence-corrected chi connectivity index (χ1v) is 12.1. The average molecular weight is 465 g/mol. The number of fused-ring (bicyclic) bond motifs is 1. The quantitative estimate of drug-likeness (QED) is 0.540. The van der Waals surface area contributed by atoms with Gasteiger partial charge in [0.2, 0.25) is 10.0 Å². The number of carbonyl (C=O) groups excluding carboxylic acids is 1. The van der Waals surface area contributed by atoms with Crippen molar-refractivity contribution in [1.82, 2.24) is 19.6 Å². The van der Waals surface area contributed by atoms with Gasteiger partial charge in [-0.05, 0) is 43.0 Å². The van der Waals surface area contributed by atoms with E-state index in [0.29, 0.717) is 16.9 Å². The molecular formula is C21H22ClFN4O3S. The summed E-state index contributed by atoms with van der Waals surface area (Å²) in [7, 11) is -3.74. The minimum absolute atomic E-state index is 0.0627. The third kappa shape index (κ3) is 5.06. The summed E-state index contributed by atoms with van der Waals surface area (Å²) in [6, 6.07) is 8.16. The lowest BCUT2D eigenvalue weighted by molar-refractivity contribution is 0.0941. The topological polar surface area (TPSA) is 92.6 Å². The van der Waals surface area contributed by atoms with Crippen LogP contribution in [-0.4, -0.2) is 29.5 Å². The molecule has 10 heteroatoms. The number of aromatic nitrogens is 2. The van der Waals surface area contributed by atoms with E-state index in [1.165, 1.54) is 12.1 Å². The Labute approximate surface area is 184 Å². The van der Waals surface area contributed by atoms with Crippen LogP contribution in [0.15, 0.2) is 42.7 Å². The maximum Gasteiger partial charge on any atom is 0.269 e. The van der Waals surface area contributed by atoms with Crippen molar-refractivity contribution >= 4 is 33.2 Å². The Morgan fingerprint density at radius 3 is 2.74 bits per heavy atom. The fraction of sp³-hybridized carbons (Fsp3) is 0.333. The molecule has 1 saturated carbocycles. The number of imidazole rings is 1. The molecule has 2 aromatic heterocycles. The van der Waals surface area contributed by atoms with Gasteiger partial charge >= 0.3 is 0 Å². The van der Waals surface area contributed by atoms with Gasteiger partial charge in [0.25, 0.3) is 5.91 Å². The summed E-state index contributed by atoms with van der Waals surface area (Å²) in [5.74, 6) is -1.87. The Hall–Kier alpha value is -2.49. The zero-order valence-electron chi connectivity index (χ0n) is 16.6. The number of halogens is 2. The summed E-state index contributed by atoms with van der Waals surface area (Å²) in [4.78, 5) is 19.1. The first kappa shape index (κ1) is 21.7. The second-order valence-corrected chi connectivity index (χ2v) is 9.93. The van der Waals surface area contributed by atoms with Crippen molar-refractivity contribution in [1.29, 1.82) is 0 Å². The molecule has 0 unspecified atom stereocenters. The van der Waals surface area contributed by atoms with Gasteiger partial charge in [0.05, 0.1) is 22.0 Å². The molecule has 0 bridgehead atoms. The van der Waals surface area contributed by atoms with E-state index in [1.54, 1.807) is 10.6 Å². The molecule has 0 saturated heterocycles. The SMILES string of the molecule is O=C(NNS(=O)(=O)CC1CCCCC1)c1cc(-c2cn3ccccc3n2)cc(Cl)c1F. The van der Waals surface area contributed by atoms with Gasteiger partial charge in [-0.1, -0.05) is 36.9 Å². The van der Waals surface area contributed by atoms with Crippen molar-refractivity contribution in [2.75, 3.05) is 5.75 Å². The minimum atomic E-state index is -3.74. The number of hydrogen-bond donors (Lipinski definition) is 2. The highest BCUT2D eigenvalue weighted by atomic mass is 35.5. The van der Waals surface area contributed by atoms with Gasteiger partial charge in [0.15, 0.2) is 5.82 Å². The molecule has 0 atom stereocenters. The van der Waals surface area contributed by atoms with E-state index in [9.17, 15) is 17.6 Å². The van der Waals surface area contributed by atoms with Crippen LogP contribution in [0.1, 0.15) is 42.5 Å². The maximum atomic E-state index is 14.5. The van der Waals surface area contributed by atoms with Crippen LogP contribution >= 0.6 is 11.6 Å². The molecule has 164 valence electrons.